The molecular formula is C22H17FN8. The summed E-state index contributed by atoms with van der Waals surface area (Å²) in [5, 5.41) is 15.5. The molecular weight excluding hydrogens is 395 g/mol. The number of anilines is 3. The minimum atomic E-state index is -0.297. The standard InChI is InChI=1S/C22H17FN8/c1-14(16-2-4-18(23)5-3-16)28-22-29-19(17-8-15(10-24)11-26-12-17)9-20(31-22)30-21-13-25-6-7-27-21/h2-9,11-14H,1H3,(H2,27,28,29,30,31)/t14-/m0/s1. The van der Waals surface area contributed by atoms with Crippen molar-refractivity contribution in [1.29, 1.82) is 5.26 Å². The summed E-state index contributed by atoms with van der Waals surface area (Å²) < 4.78 is 13.2. The SMILES string of the molecule is C[C@H](Nc1nc(Nc2cnccn2)cc(-c2cncc(C#N)c2)n1)c1ccc(F)cc1. The zero-order valence-corrected chi connectivity index (χ0v) is 16.5. The van der Waals surface area contributed by atoms with Crippen molar-refractivity contribution in [2.24, 2.45) is 0 Å². The topological polar surface area (TPSA) is 112 Å². The maximum atomic E-state index is 13.2. The van der Waals surface area contributed by atoms with Gasteiger partial charge in [-0.15, -0.1) is 0 Å². The van der Waals surface area contributed by atoms with Gasteiger partial charge in [-0.2, -0.15) is 10.2 Å². The normalized spacial score (nSPS) is 11.4. The van der Waals surface area contributed by atoms with Crippen LogP contribution in [0.25, 0.3) is 11.3 Å². The van der Waals surface area contributed by atoms with E-state index < -0.39 is 0 Å². The molecule has 152 valence electrons. The fraction of sp³-hybridized carbons (Fsp3) is 0.0909. The molecule has 1 aromatic carbocycles. The molecule has 0 saturated carbocycles. The van der Waals surface area contributed by atoms with Gasteiger partial charge in [-0.1, -0.05) is 12.1 Å². The third-order valence-electron chi connectivity index (χ3n) is 4.42. The summed E-state index contributed by atoms with van der Waals surface area (Å²) in [4.78, 5) is 21.5. The first-order valence-corrected chi connectivity index (χ1v) is 9.40. The van der Waals surface area contributed by atoms with E-state index in [0.717, 1.165) is 5.56 Å². The van der Waals surface area contributed by atoms with Crippen LogP contribution < -0.4 is 10.6 Å². The lowest BCUT2D eigenvalue weighted by Crippen LogP contribution is -2.11. The van der Waals surface area contributed by atoms with Crippen LogP contribution in [0.2, 0.25) is 0 Å². The Labute approximate surface area is 177 Å². The molecule has 1 atom stereocenters. The molecule has 3 aromatic heterocycles. The van der Waals surface area contributed by atoms with Crippen LogP contribution >= 0.6 is 0 Å². The predicted molar refractivity (Wildman–Crippen MR) is 114 cm³/mol. The highest BCUT2D eigenvalue weighted by Gasteiger charge is 2.12. The maximum Gasteiger partial charge on any atom is 0.225 e. The van der Waals surface area contributed by atoms with E-state index >= 15 is 0 Å². The third-order valence-corrected chi connectivity index (χ3v) is 4.42. The molecule has 9 heteroatoms. The lowest BCUT2D eigenvalue weighted by atomic mass is 10.1. The number of nitriles is 1. The van der Waals surface area contributed by atoms with Gasteiger partial charge in [0, 0.05) is 36.4 Å². The highest BCUT2D eigenvalue weighted by molar-refractivity contribution is 5.66. The summed E-state index contributed by atoms with van der Waals surface area (Å²) in [5.74, 6) is 1.06. The van der Waals surface area contributed by atoms with Crippen LogP contribution in [0.3, 0.4) is 0 Å². The number of nitrogens with zero attached hydrogens (tertiary/aromatic N) is 6. The Bertz CT molecular complexity index is 1220. The summed E-state index contributed by atoms with van der Waals surface area (Å²) in [6.45, 7) is 1.93. The molecule has 0 aliphatic heterocycles. The van der Waals surface area contributed by atoms with E-state index in [0.29, 0.717) is 34.4 Å². The van der Waals surface area contributed by atoms with Gasteiger partial charge in [0.1, 0.15) is 23.5 Å². The number of rotatable bonds is 6. The average Bonchev–Trinajstić information content (AvgIpc) is 2.80. The van der Waals surface area contributed by atoms with Gasteiger partial charge >= 0.3 is 0 Å². The Balaban J connectivity index is 1.70. The Hall–Kier alpha value is -4.45. The first-order valence-electron chi connectivity index (χ1n) is 9.40. The van der Waals surface area contributed by atoms with E-state index in [2.05, 4.69) is 41.6 Å². The second-order valence-electron chi connectivity index (χ2n) is 6.67. The molecule has 2 N–H and O–H groups in total. The van der Waals surface area contributed by atoms with E-state index in [1.54, 1.807) is 49.1 Å². The Kier molecular flexibility index (Phi) is 5.71. The van der Waals surface area contributed by atoms with Crippen molar-refractivity contribution < 1.29 is 4.39 Å². The molecule has 0 saturated heterocycles. The highest BCUT2D eigenvalue weighted by atomic mass is 19.1. The summed E-state index contributed by atoms with van der Waals surface area (Å²) in [5.41, 5.74) is 2.54. The molecule has 0 amide bonds. The van der Waals surface area contributed by atoms with Crippen molar-refractivity contribution in [1.82, 2.24) is 24.9 Å². The minimum absolute atomic E-state index is 0.177. The first-order chi connectivity index (χ1) is 15.1. The number of hydrogen-bond donors (Lipinski definition) is 2. The van der Waals surface area contributed by atoms with Gasteiger partial charge in [-0.05, 0) is 30.7 Å². The number of hydrogen-bond acceptors (Lipinski definition) is 8. The van der Waals surface area contributed by atoms with Crippen molar-refractivity contribution in [3.8, 4) is 17.3 Å². The van der Waals surface area contributed by atoms with Crippen LogP contribution in [0.5, 0.6) is 0 Å². The molecule has 0 spiro atoms. The zero-order valence-electron chi connectivity index (χ0n) is 16.5. The summed E-state index contributed by atoms with van der Waals surface area (Å²) in [6, 6.07) is 11.6. The molecule has 0 bridgehead atoms. The molecule has 4 rings (SSSR count). The van der Waals surface area contributed by atoms with Gasteiger partial charge in [0.2, 0.25) is 5.95 Å². The van der Waals surface area contributed by atoms with Crippen LogP contribution in [0, 0.1) is 17.1 Å². The quantitative estimate of drug-likeness (QED) is 0.483. The molecule has 0 radical (unpaired) electrons. The third kappa shape index (κ3) is 4.94. The number of aromatic nitrogens is 5. The lowest BCUT2D eigenvalue weighted by molar-refractivity contribution is 0.626. The number of halogens is 1. The molecule has 0 fully saturated rings. The fourth-order valence-corrected chi connectivity index (χ4v) is 2.89. The average molecular weight is 412 g/mol. The largest absolute Gasteiger partial charge is 0.348 e. The van der Waals surface area contributed by atoms with Crippen molar-refractivity contribution in [2.45, 2.75) is 13.0 Å². The second kappa shape index (κ2) is 8.92. The van der Waals surface area contributed by atoms with E-state index in [-0.39, 0.29) is 11.9 Å². The Morgan fingerprint density at radius 3 is 2.55 bits per heavy atom. The van der Waals surface area contributed by atoms with Gasteiger partial charge in [-0.25, -0.2) is 14.4 Å². The number of pyridine rings is 1. The van der Waals surface area contributed by atoms with Gasteiger partial charge in [0.25, 0.3) is 0 Å². The molecule has 31 heavy (non-hydrogen) atoms. The van der Waals surface area contributed by atoms with Crippen LogP contribution in [0.4, 0.5) is 22.0 Å². The van der Waals surface area contributed by atoms with Crippen LogP contribution in [0.1, 0.15) is 24.1 Å². The van der Waals surface area contributed by atoms with Crippen LogP contribution in [-0.2, 0) is 0 Å². The summed E-state index contributed by atoms with van der Waals surface area (Å²) in [6.07, 6.45) is 7.84. The van der Waals surface area contributed by atoms with Crippen molar-refractivity contribution >= 4 is 17.6 Å². The van der Waals surface area contributed by atoms with Crippen LogP contribution in [-0.4, -0.2) is 24.9 Å². The molecule has 0 unspecified atom stereocenters. The molecule has 8 nitrogen and oxygen atoms in total. The van der Waals surface area contributed by atoms with Crippen molar-refractivity contribution in [3.63, 3.8) is 0 Å². The van der Waals surface area contributed by atoms with E-state index in [1.165, 1.54) is 18.3 Å². The Morgan fingerprint density at radius 1 is 0.968 bits per heavy atom. The van der Waals surface area contributed by atoms with Crippen LogP contribution in [0.15, 0.2) is 67.4 Å². The summed E-state index contributed by atoms with van der Waals surface area (Å²) in [7, 11) is 0. The minimum Gasteiger partial charge on any atom is -0.348 e. The van der Waals surface area contributed by atoms with Crippen molar-refractivity contribution in [3.05, 3.63) is 84.3 Å². The fourth-order valence-electron chi connectivity index (χ4n) is 2.89. The predicted octanol–water partition coefficient (Wildman–Crippen LogP) is 4.26. The van der Waals surface area contributed by atoms with E-state index in [9.17, 15) is 9.65 Å². The zero-order chi connectivity index (χ0) is 21.6. The molecule has 4 aromatic rings. The monoisotopic (exact) mass is 412 g/mol. The second-order valence-corrected chi connectivity index (χ2v) is 6.67. The summed E-state index contributed by atoms with van der Waals surface area (Å²) >= 11 is 0. The number of nitrogens with one attached hydrogen (secondary N) is 2. The first kappa shape index (κ1) is 19.8. The highest BCUT2D eigenvalue weighted by Crippen LogP contribution is 2.25. The van der Waals surface area contributed by atoms with Gasteiger partial charge in [-0.3, -0.25) is 9.97 Å². The van der Waals surface area contributed by atoms with Gasteiger partial charge in [0.15, 0.2) is 0 Å². The van der Waals surface area contributed by atoms with Gasteiger partial charge in [0.05, 0.1) is 23.5 Å². The molecule has 3 heterocycles. The smallest absolute Gasteiger partial charge is 0.225 e. The lowest BCUT2D eigenvalue weighted by Gasteiger charge is -2.16. The maximum absolute atomic E-state index is 13.2. The van der Waals surface area contributed by atoms with Crippen molar-refractivity contribution in [2.75, 3.05) is 10.6 Å². The van der Waals surface area contributed by atoms with Gasteiger partial charge < -0.3 is 10.6 Å². The number of benzene rings is 1. The van der Waals surface area contributed by atoms with E-state index in [4.69, 9.17) is 0 Å². The molecule has 0 aliphatic rings. The Morgan fingerprint density at radius 2 is 1.81 bits per heavy atom. The molecule has 0 aliphatic carbocycles. The van der Waals surface area contributed by atoms with E-state index in [1.807, 2.05) is 6.92 Å².